The Kier molecular flexibility index (Phi) is 8.40. The second-order valence-electron chi connectivity index (χ2n) is 8.50. The molecule has 2 fully saturated rings. The van der Waals surface area contributed by atoms with Crippen molar-refractivity contribution in [2.24, 2.45) is 11.8 Å². The topological polar surface area (TPSA) is 67.9 Å². The molecular formula is C24H36N2O4. The average molecular weight is 417 g/mol. The van der Waals surface area contributed by atoms with Crippen LogP contribution >= 0.6 is 0 Å². The first-order valence-electron chi connectivity index (χ1n) is 11.5. The number of likely N-dealkylation sites (tertiary alicyclic amines) is 1. The van der Waals surface area contributed by atoms with E-state index in [9.17, 15) is 9.59 Å². The fourth-order valence-corrected chi connectivity index (χ4v) is 4.60. The largest absolute Gasteiger partial charge is 0.493 e. The van der Waals surface area contributed by atoms with Crippen molar-refractivity contribution in [3.8, 4) is 11.5 Å². The molecule has 166 valence electrons. The van der Waals surface area contributed by atoms with Gasteiger partial charge in [-0.3, -0.25) is 9.59 Å². The van der Waals surface area contributed by atoms with Crippen LogP contribution in [-0.4, -0.2) is 43.5 Å². The Bertz CT molecular complexity index is 707. The molecule has 0 bridgehead atoms. The fraction of sp³-hybridized carbons (Fsp3) is 0.667. The number of piperidine rings is 1. The molecule has 6 nitrogen and oxygen atoms in total. The van der Waals surface area contributed by atoms with Gasteiger partial charge in [-0.1, -0.05) is 25.3 Å². The van der Waals surface area contributed by atoms with Gasteiger partial charge in [-0.05, 0) is 56.2 Å². The molecule has 1 N–H and O–H groups in total. The number of nitrogens with zero attached hydrogens (tertiary/aromatic N) is 1. The average Bonchev–Trinajstić information content (AvgIpc) is 2.79. The van der Waals surface area contributed by atoms with Gasteiger partial charge in [0.15, 0.2) is 11.5 Å². The van der Waals surface area contributed by atoms with Crippen molar-refractivity contribution in [3.63, 3.8) is 0 Å². The van der Waals surface area contributed by atoms with Crippen LogP contribution in [0.1, 0.15) is 63.9 Å². The lowest BCUT2D eigenvalue weighted by atomic mass is 9.87. The number of ether oxygens (including phenoxy) is 2. The molecule has 0 radical (unpaired) electrons. The zero-order valence-corrected chi connectivity index (χ0v) is 18.5. The van der Waals surface area contributed by atoms with Gasteiger partial charge in [0, 0.05) is 32.0 Å². The molecule has 1 aromatic carbocycles. The van der Waals surface area contributed by atoms with Crippen molar-refractivity contribution in [1.29, 1.82) is 0 Å². The second-order valence-corrected chi connectivity index (χ2v) is 8.50. The maximum absolute atomic E-state index is 12.7. The van der Waals surface area contributed by atoms with E-state index in [2.05, 4.69) is 5.32 Å². The third-order valence-corrected chi connectivity index (χ3v) is 6.37. The number of methoxy groups -OCH3 is 1. The summed E-state index contributed by atoms with van der Waals surface area (Å²) in [4.78, 5) is 27.1. The molecule has 6 heteroatoms. The number of amides is 2. The van der Waals surface area contributed by atoms with Gasteiger partial charge in [-0.15, -0.1) is 0 Å². The van der Waals surface area contributed by atoms with E-state index in [0.29, 0.717) is 42.9 Å². The van der Waals surface area contributed by atoms with E-state index < -0.39 is 0 Å². The zero-order valence-electron chi connectivity index (χ0n) is 18.5. The number of hydrogen-bond donors (Lipinski definition) is 1. The molecule has 1 aliphatic carbocycles. The second kappa shape index (κ2) is 11.2. The lowest BCUT2D eigenvalue weighted by Gasteiger charge is -2.35. The van der Waals surface area contributed by atoms with Crippen LogP contribution in [0.25, 0.3) is 0 Å². The molecule has 3 rings (SSSR count). The third kappa shape index (κ3) is 6.13. The molecule has 1 aliphatic heterocycles. The molecule has 1 saturated heterocycles. The summed E-state index contributed by atoms with van der Waals surface area (Å²) in [5, 5.41) is 3.02. The van der Waals surface area contributed by atoms with Gasteiger partial charge < -0.3 is 19.7 Å². The Labute approximate surface area is 180 Å². The highest BCUT2D eigenvalue weighted by molar-refractivity contribution is 5.79. The highest BCUT2D eigenvalue weighted by atomic mass is 16.5. The Balaban J connectivity index is 1.40. The van der Waals surface area contributed by atoms with Gasteiger partial charge in [-0.25, -0.2) is 0 Å². The number of hydrogen-bond acceptors (Lipinski definition) is 4. The Morgan fingerprint density at radius 2 is 1.80 bits per heavy atom. The first kappa shape index (κ1) is 22.4. The van der Waals surface area contributed by atoms with Crippen molar-refractivity contribution in [3.05, 3.63) is 23.8 Å². The first-order valence-corrected chi connectivity index (χ1v) is 11.5. The summed E-state index contributed by atoms with van der Waals surface area (Å²) < 4.78 is 10.9. The highest BCUT2D eigenvalue weighted by Crippen LogP contribution is 2.29. The van der Waals surface area contributed by atoms with Gasteiger partial charge >= 0.3 is 0 Å². The van der Waals surface area contributed by atoms with Crippen molar-refractivity contribution >= 4 is 11.8 Å². The third-order valence-electron chi connectivity index (χ3n) is 6.37. The van der Waals surface area contributed by atoms with Crippen LogP contribution in [0.3, 0.4) is 0 Å². The SMILES string of the molecule is CCOc1ccc(CNC(=O)CC2CCN(C(=O)C3CCCCC3)CC2)cc1OC. The minimum absolute atomic E-state index is 0.0694. The minimum atomic E-state index is 0.0694. The predicted octanol–water partition coefficient (Wildman–Crippen LogP) is 3.92. The predicted molar refractivity (Wildman–Crippen MR) is 117 cm³/mol. The Hall–Kier alpha value is -2.24. The van der Waals surface area contributed by atoms with Gasteiger partial charge in [-0.2, -0.15) is 0 Å². The Morgan fingerprint density at radius 1 is 1.07 bits per heavy atom. The summed E-state index contributed by atoms with van der Waals surface area (Å²) in [5.41, 5.74) is 0.983. The molecule has 0 atom stereocenters. The molecule has 1 saturated carbocycles. The maximum atomic E-state index is 12.7. The minimum Gasteiger partial charge on any atom is -0.493 e. The van der Waals surface area contributed by atoms with Crippen LogP contribution in [0, 0.1) is 11.8 Å². The maximum Gasteiger partial charge on any atom is 0.225 e. The molecule has 1 aromatic rings. The molecule has 1 heterocycles. The lowest BCUT2D eigenvalue weighted by molar-refractivity contribution is -0.138. The molecule has 2 amide bonds. The quantitative estimate of drug-likeness (QED) is 0.697. The van der Waals surface area contributed by atoms with E-state index in [4.69, 9.17) is 9.47 Å². The van der Waals surface area contributed by atoms with Gasteiger partial charge in [0.05, 0.1) is 13.7 Å². The number of rotatable bonds is 8. The summed E-state index contributed by atoms with van der Waals surface area (Å²) >= 11 is 0. The highest BCUT2D eigenvalue weighted by Gasteiger charge is 2.29. The first-order chi connectivity index (χ1) is 14.6. The summed E-state index contributed by atoms with van der Waals surface area (Å²) in [6.07, 6.45) is 8.12. The fourth-order valence-electron chi connectivity index (χ4n) is 4.60. The standard InChI is InChI=1S/C24H36N2O4/c1-3-30-21-10-9-19(15-22(21)29-2)17-25-23(27)16-18-11-13-26(14-12-18)24(28)20-7-5-4-6-8-20/h9-10,15,18,20H,3-8,11-14,16-17H2,1-2H3,(H,25,27). The van der Waals surface area contributed by atoms with Crippen LogP contribution in [-0.2, 0) is 16.1 Å². The number of carbonyl (C=O) groups excluding carboxylic acids is 2. The van der Waals surface area contributed by atoms with E-state index in [0.717, 1.165) is 44.3 Å². The van der Waals surface area contributed by atoms with Gasteiger partial charge in [0.25, 0.3) is 0 Å². The monoisotopic (exact) mass is 416 g/mol. The Morgan fingerprint density at radius 3 is 2.47 bits per heavy atom. The van der Waals surface area contributed by atoms with Crippen LogP contribution in [0.15, 0.2) is 18.2 Å². The summed E-state index contributed by atoms with van der Waals surface area (Å²) in [7, 11) is 1.62. The molecule has 2 aliphatic rings. The van der Waals surface area contributed by atoms with E-state index >= 15 is 0 Å². The smallest absolute Gasteiger partial charge is 0.225 e. The van der Waals surface area contributed by atoms with Gasteiger partial charge in [0.1, 0.15) is 0 Å². The van der Waals surface area contributed by atoms with Crippen LogP contribution in [0.2, 0.25) is 0 Å². The summed E-state index contributed by atoms with van der Waals surface area (Å²) in [6.45, 7) is 4.58. The van der Waals surface area contributed by atoms with Crippen LogP contribution in [0.5, 0.6) is 11.5 Å². The number of benzene rings is 1. The molecule has 0 spiro atoms. The molecule has 30 heavy (non-hydrogen) atoms. The van der Waals surface area contributed by atoms with Crippen molar-refractivity contribution < 1.29 is 19.1 Å². The van der Waals surface area contributed by atoms with Crippen molar-refractivity contribution in [2.75, 3.05) is 26.8 Å². The van der Waals surface area contributed by atoms with Crippen LogP contribution < -0.4 is 14.8 Å². The van der Waals surface area contributed by atoms with Crippen molar-refractivity contribution in [2.45, 2.75) is 64.8 Å². The number of nitrogens with one attached hydrogen (secondary N) is 1. The van der Waals surface area contributed by atoms with E-state index in [1.165, 1.54) is 19.3 Å². The molecular weight excluding hydrogens is 380 g/mol. The molecule has 0 aromatic heterocycles. The normalized spacial score (nSPS) is 18.1. The lowest BCUT2D eigenvalue weighted by Crippen LogP contribution is -2.43. The summed E-state index contributed by atoms with van der Waals surface area (Å²) in [6, 6.07) is 5.73. The van der Waals surface area contributed by atoms with E-state index in [-0.39, 0.29) is 11.8 Å². The van der Waals surface area contributed by atoms with E-state index in [1.807, 2.05) is 30.0 Å². The van der Waals surface area contributed by atoms with E-state index in [1.54, 1.807) is 7.11 Å². The zero-order chi connectivity index (χ0) is 21.3. The molecule has 0 unspecified atom stereocenters. The number of carbonyl (C=O) groups is 2. The van der Waals surface area contributed by atoms with Crippen molar-refractivity contribution in [1.82, 2.24) is 10.2 Å². The van der Waals surface area contributed by atoms with Gasteiger partial charge in [0.2, 0.25) is 11.8 Å². The summed E-state index contributed by atoms with van der Waals surface area (Å²) in [5.74, 6) is 2.41. The van der Waals surface area contributed by atoms with Crippen LogP contribution in [0.4, 0.5) is 0 Å².